The Morgan fingerprint density at radius 2 is 1.82 bits per heavy atom. The van der Waals surface area contributed by atoms with Crippen molar-refractivity contribution in [2.45, 2.75) is 0 Å². The fourth-order valence-corrected chi connectivity index (χ4v) is 3.09. The summed E-state index contributed by atoms with van der Waals surface area (Å²) in [6, 6.07) is 16.6. The fourth-order valence-electron chi connectivity index (χ4n) is 2.86. The van der Waals surface area contributed by atoms with Gasteiger partial charge in [-0.2, -0.15) is 4.98 Å². The van der Waals surface area contributed by atoms with Gasteiger partial charge in [0.05, 0.1) is 36.3 Å². The van der Waals surface area contributed by atoms with Crippen LogP contribution in [0.15, 0.2) is 67.0 Å². The number of ether oxygens (including phenoxy) is 1. The molecule has 0 fully saturated rings. The van der Waals surface area contributed by atoms with Gasteiger partial charge in [-0.05, 0) is 18.2 Å². The second-order valence-electron chi connectivity index (χ2n) is 5.95. The molecule has 7 heteroatoms. The Morgan fingerprint density at radius 3 is 2.64 bits per heavy atom. The number of carbonyl (C=O) groups excluding carboxylic acids is 1. The summed E-state index contributed by atoms with van der Waals surface area (Å²) < 4.78 is 5.05. The highest BCUT2D eigenvalue weighted by Gasteiger charge is 2.16. The molecule has 0 aliphatic rings. The maximum Gasteiger partial charge on any atom is 0.257 e. The number of fused-ring (bicyclic) bond motifs is 1. The smallest absolute Gasteiger partial charge is 0.257 e. The molecule has 1 amide bonds. The number of hydrogen-bond donors (Lipinski definition) is 1. The first-order valence-electron chi connectivity index (χ1n) is 8.48. The fraction of sp³-hybridized carbons (Fsp3) is 0.0476. The highest BCUT2D eigenvalue weighted by Crippen LogP contribution is 2.30. The van der Waals surface area contributed by atoms with E-state index in [-0.39, 0.29) is 5.91 Å². The van der Waals surface area contributed by atoms with E-state index in [1.165, 1.54) is 19.5 Å². The number of pyridine rings is 1. The van der Waals surface area contributed by atoms with E-state index in [2.05, 4.69) is 20.3 Å². The summed E-state index contributed by atoms with van der Waals surface area (Å²) in [6.45, 7) is 0. The van der Waals surface area contributed by atoms with E-state index < -0.39 is 0 Å². The number of nitrogens with zero attached hydrogens (tertiary/aromatic N) is 3. The quantitative estimate of drug-likeness (QED) is 0.550. The monoisotopic (exact) mass is 390 g/mol. The Hall–Kier alpha value is -3.51. The van der Waals surface area contributed by atoms with Crippen LogP contribution in [0, 0.1) is 0 Å². The molecule has 0 radical (unpaired) electrons. The minimum atomic E-state index is -0.325. The molecule has 0 aliphatic heterocycles. The average Bonchev–Trinajstić information content (AvgIpc) is 2.73. The number of anilines is 1. The molecule has 2 heterocycles. The van der Waals surface area contributed by atoms with Crippen LogP contribution in [0.2, 0.25) is 5.02 Å². The predicted octanol–water partition coefficient (Wildman–Crippen LogP) is 4.61. The summed E-state index contributed by atoms with van der Waals surface area (Å²) in [4.78, 5) is 25.9. The van der Waals surface area contributed by atoms with Gasteiger partial charge < -0.3 is 10.1 Å². The molecular weight excluding hydrogens is 376 g/mol. The highest BCUT2D eigenvalue weighted by atomic mass is 35.5. The third-order valence-electron chi connectivity index (χ3n) is 4.17. The number of amides is 1. The van der Waals surface area contributed by atoms with E-state index in [0.717, 1.165) is 10.9 Å². The zero-order valence-electron chi connectivity index (χ0n) is 14.9. The third-order valence-corrected chi connectivity index (χ3v) is 4.50. The zero-order chi connectivity index (χ0) is 19.5. The van der Waals surface area contributed by atoms with E-state index >= 15 is 0 Å². The van der Waals surface area contributed by atoms with Crippen LogP contribution >= 0.6 is 11.6 Å². The maximum atomic E-state index is 13.0. The molecule has 0 saturated carbocycles. The number of nitrogens with one attached hydrogen (secondary N) is 1. The molecule has 6 nitrogen and oxygen atoms in total. The van der Waals surface area contributed by atoms with Crippen molar-refractivity contribution in [1.82, 2.24) is 15.0 Å². The second kappa shape index (κ2) is 7.62. The van der Waals surface area contributed by atoms with Crippen molar-refractivity contribution in [3.8, 4) is 17.1 Å². The Morgan fingerprint density at radius 1 is 1.04 bits per heavy atom. The number of hydrogen-bond acceptors (Lipinski definition) is 5. The SMILES string of the molecule is COc1cncc(NC(=O)c2cc(-c3ccccc3Cl)nc3ccccc23)n1. The van der Waals surface area contributed by atoms with E-state index in [9.17, 15) is 4.79 Å². The van der Waals surface area contributed by atoms with Gasteiger partial charge in [-0.15, -0.1) is 0 Å². The molecule has 0 bridgehead atoms. The third kappa shape index (κ3) is 3.50. The van der Waals surface area contributed by atoms with Crippen molar-refractivity contribution in [2.75, 3.05) is 12.4 Å². The maximum absolute atomic E-state index is 13.0. The lowest BCUT2D eigenvalue weighted by molar-refractivity contribution is 0.102. The first kappa shape index (κ1) is 17.9. The summed E-state index contributed by atoms with van der Waals surface area (Å²) in [7, 11) is 1.49. The number of halogens is 1. The largest absolute Gasteiger partial charge is 0.480 e. The number of rotatable bonds is 4. The van der Waals surface area contributed by atoms with Gasteiger partial charge in [0.1, 0.15) is 0 Å². The molecule has 0 atom stereocenters. The molecule has 0 spiro atoms. The summed E-state index contributed by atoms with van der Waals surface area (Å²) in [6.07, 6.45) is 2.92. The van der Waals surface area contributed by atoms with Crippen LogP contribution in [-0.2, 0) is 0 Å². The van der Waals surface area contributed by atoms with Crippen LogP contribution in [0.4, 0.5) is 5.82 Å². The number of methoxy groups -OCH3 is 1. The summed E-state index contributed by atoms with van der Waals surface area (Å²) in [5, 5.41) is 4.06. The Balaban J connectivity index is 1.81. The molecule has 0 unspecified atom stereocenters. The normalized spacial score (nSPS) is 10.6. The van der Waals surface area contributed by atoms with Gasteiger partial charge in [0.15, 0.2) is 5.82 Å². The number of carbonyl (C=O) groups is 1. The summed E-state index contributed by atoms with van der Waals surface area (Å²) in [5.74, 6) is 0.285. The van der Waals surface area contributed by atoms with Gasteiger partial charge in [0.25, 0.3) is 5.91 Å². The molecule has 4 aromatic rings. The average molecular weight is 391 g/mol. The number of benzene rings is 2. The first-order valence-corrected chi connectivity index (χ1v) is 8.85. The summed E-state index contributed by atoms with van der Waals surface area (Å²) >= 11 is 6.33. The molecule has 0 saturated heterocycles. The molecule has 2 aromatic carbocycles. The Bertz CT molecular complexity index is 1180. The highest BCUT2D eigenvalue weighted by molar-refractivity contribution is 6.33. The number of para-hydroxylation sites is 1. The van der Waals surface area contributed by atoms with Crippen molar-refractivity contribution < 1.29 is 9.53 Å². The first-order chi connectivity index (χ1) is 13.7. The minimum absolute atomic E-state index is 0.296. The molecule has 1 N–H and O–H groups in total. The lowest BCUT2D eigenvalue weighted by Crippen LogP contribution is -2.14. The molecule has 4 rings (SSSR count). The van der Waals surface area contributed by atoms with E-state index in [1.54, 1.807) is 12.1 Å². The van der Waals surface area contributed by atoms with Crippen LogP contribution in [0.25, 0.3) is 22.2 Å². The second-order valence-corrected chi connectivity index (χ2v) is 6.36. The molecule has 28 heavy (non-hydrogen) atoms. The molecule has 138 valence electrons. The summed E-state index contributed by atoms with van der Waals surface area (Å²) in [5.41, 5.74) is 2.53. The molecule has 0 aliphatic carbocycles. The van der Waals surface area contributed by atoms with Crippen LogP contribution < -0.4 is 10.1 Å². The Kier molecular flexibility index (Phi) is 4.87. The Labute approximate surface area is 166 Å². The van der Waals surface area contributed by atoms with Crippen LogP contribution in [0.3, 0.4) is 0 Å². The number of aromatic nitrogens is 3. The van der Waals surface area contributed by atoms with Crippen LogP contribution in [0.5, 0.6) is 5.88 Å². The topological polar surface area (TPSA) is 77.0 Å². The van der Waals surface area contributed by atoms with Crippen molar-refractivity contribution in [1.29, 1.82) is 0 Å². The lowest BCUT2D eigenvalue weighted by Gasteiger charge is -2.11. The van der Waals surface area contributed by atoms with Crippen molar-refractivity contribution in [3.63, 3.8) is 0 Å². The zero-order valence-corrected chi connectivity index (χ0v) is 15.6. The van der Waals surface area contributed by atoms with Crippen molar-refractivity contribution in [2.24, 2.45) is 0 Å². The standard InChI is InChI=1S/C21H15ClN4O2/c1-28-20-12-23-11-19(25-20)26-21(27)15-10-18(14-7-2-4-8-16(14)22)24-17-9-5-3-6-13(15)17/h2-12H,1H3,(H,25,26,27). The van der Waals surface area contributed by atoms with E-state index in [1.807, 2.05) is 42.5 Å². The van der Waals surface area contributed by atoms with Crippen LogP contribution in [-0.4, -0.2) is 28.0 Å². The van der Waals surface area contributed by atoms with Gasteiger partial charge >= 0.3 is 0 Å². The molecular formula is C21H15ClN4O2. The van der Waals surface area contributed by atoms with Gasteiger partial charge in [-0.1, -0.05) is 48.0 Å². The minimum Gasteiger partial charge on any atom is -0.480 e. The van der Waals surface area contributed by atoms with Gasteiger partial charge in [0.2, 0.25) is 5.88 Å². The van der Waals surface area contributed by atoms with Crippen molar-refractivity contribution in [3.05, 3.63) is 77.6 Å². The van der Waals surface area contributed by atoms with Crippen molar-refractivity contribution >= 4 is 34.2 Å². The van der Waals surface area contributed by atoms with E-state index in [0.29, 0.717) is 33.5 Å². The van der Waals surface area contributed by atoms with Crippen LogP contribution in [0.1, 0.15) is 10.4 Å². The lowest BCUT2D eigenvalue weighted by atomic mass is 10.0. The predicted molar refractivity (Wildman–Crippen MR) is 109 cm³/mol. The van der Waals surface area contributed by atoms with Gasteiger partial charge in [-0.25, -0.2) is 4.98 Å². The van der Waals surface area contributed by atoms with E-state index in [4.69, 9.17) is 16.3 Å². The van der Waals surface area contributed by atoms with Gasteiger partial charge in [-0.3, -0.25) is 9.78 Å². The molecule has 2 aromatic heterocycles. The van der Waals surface area contributed by atoms with Gasteiger partial charge in [0, 0.05) is 16.0 Å².